The van der Waals surface area contributed by atoms with Gasteiger partial charge in [-0.1, -0.05) is 91.1 Å². The summed E-state index contributed by atoms with van der Waals surface area (Å²) in [6, 6.07) is 24.1. The zero-order valence-corrected chi connectivity index (χ0v) is 23.5. The number of amides is 1. The Morgan fingerprint density at radius 2 is 1.49 bits per heavy atom. The number of hydrogen-bond acceptors (Lipinski definition) is 5. The van der Waals surface area contributed by atoms with Crippen molar-refractivity contribution >= 4 is 36.5 Å². The van der Waals surface area contributed by atoms with Crippen molar-refractivity contribution in [3.8, 4) is 11.1 Å². The zero-order chi connectivity index (χ0) is 27.8. The van der Waals surface area contributed by atoms with Gasteiger partial charge in [0.05, 0.1) is 11.2 Å². The Kier molecular flexibility index (Phi) is 7.38. The predicted octanol–water partition coefficient (Wildman–Crippen LogP) is 5.87. The largest absolute Gasteiger partial charge is 0.492 e. The first kappa shape index (κ1) is 27.1. The molecule has 3 aromatic rings. The lowest BCUT2D eigenvalue weighted by Crippen LogP contribution is -2.41. The van der Waals surface area contributed by atoms with E-state index in [1.54, 1.807) is 0 Å². The van der Waals surface area contributed by atoms with Crippen LogP contribution in [0.5, 0.6) is 0 Å². The maximum atomic E-state index is 12.9. The maximum Gasteiger partial charge on any atom is 0.492 e. The Labute approximate surface area is 235 Å². The summed E-state index contributed by atoms with van der Waals surface area (Å²) >= 11 is 5.26. The van der Waals surface area contributed by atoms with Crippen LogP contribution in [-0.2, 0) is 14.0 Å². The summed E-state index contributed by atoms with van der Waals surface area (Å²) in [4.78, 5) is 13.2. The van der Waals surface area contributed by atoms with E-state index in [1.165, 1.54) is 22.3 Å². The van der Waals surface area contributed by atoms with E-state index in [9.17, 15) is 4.79 Å². The first-order valence-corrected chi connectivity index (χ1v) is 13.5. The summed E-state index contributed by atoms with van der Waals surface area (Å²) < 4.78 is 18.4. The van der Waals surface area contributed by atoms with Crippen molar-refractivity contribution in [2.24, 2.45) is 5.73 Å². The van der Waals surface area contributed by atoms with Gasteiger partial charge in [-0.3, -0.25) is 0 Å². The highest BCUT2D eigenvalue weighted by Crippen LogP contribution is 2.44. The van der Waals surface area contributed by atoms with Crippen molar-refractivity contribution in [1.82, 2.24) is 5.32 Å². The number of hydrogen-bond donors (Lipinski definition) is 2. The molecule has 1 aliphatic carbocycles. The maximum absolute atomic E-state index is 12.9. The monoisotopic (exact) mass is 540 g/mol. The van der Waals surface area contributed by atoms with Gasteiger partial charge in [-0.25, -0.2) is 4.79 Å². The van der Waals surface area contributed by atoms with Crippen LogP contribution >= 0.6 is 12.2 Å². The van der Waals surface area contributed by atoms with E-state index < -0.39 is 24.4 Å². The van der Waals surface area contributed by atoms with Crippen LogP contribution in [0.1, 0.15) is 55.9 Å². The highest BCUT2D eigenvalue weighted by molar-refractivity contribution is 7.80. The van der Waals surface area contributed by atoms with Crippen molar-refractivity contribution in [2.75, 3.05) is 13.2 Å². The molecule has 1 saturated heterocycles. The molecule has 0 aromatic heterocycles. The van der Waals surface area contributed by atoms with Crippen molar-refractivity contribution in [1.29, 1.82) is 0 Å². The Morgan fingerprint density at radius 1 is 0.949 bits per heavy atom. The zero-order valence-electron chi connectivity index (χ0n) is 22.7. The summed E-state index contributed by atoms with van der Waals surface area (Å²) in [7, 11) is -0.664. The standard InChI is InChI=1S/C31H33BN2O4S/c1-30(2)31(3,4)38-32(37-30)21(17-20-11-5-6-12-22(20)28(33)39)18-34-29(35)36-19-27-25-15-9-7-13-23(25)24-14-8-10-16-26(24)27/h5-17,27H,18-19H2,1-4H3,(H2,33,39)(H,34,35). The number of fused-ring (bicyclic) bond motifs is 3. The molecule has 6 nitrogen and oxygen atoms in total. The van der Waals surface area contributed by atoms with Crippen LogP contribution in [0.25, 0.3) is 17.2 Å². The van der Waals surface area contributed by atoms with Gasteiger partial charge >= 0.3 is 13.2 Å². The smallest absolute Gasteiger partial charge is 0.449 e. The normalized spacial score (nSPS) is 17.4. The lowest BCUT2D eigenvalue weighted by molar-refractivity contribution is 0.00578. The van der Waals surface area contributed by atoms with E-state index in [2.05, 4.69) is 29.6 Å². The minimum Gasteiger partial charge on any atom is -0.449 e. The number of nitrogens with two attached hydrogens (primary N) is 1. The second kappa shape index (κ2) is 10.6. The average Bonchev–Trinajstić information content (AvgIpc) is 3.34. The molecule has 1 aliphatic heterocycles. The van der Waals surface area contributed by atoms with E-state index in [4.69, 9.17) is 32.0 Å². The van der Waals surface area contributed by atoms with E-state index >= 15 is 0 Å². The number of rotatable bonds is 7. The Hall–Kier alpha value is -3.46. The van der Waals surface area contributed by atoms with E-state index in [1.807, 2.05) is 82.3 Å². The quantitative estimate of drug-likeness (QED) is 0.288. The fraction of sp³-hybridized carbons (Fsp3) is 0.290. The molecule has 1 fully saturated rings. The number of benzene rings is 3. The van der Waals surface area contributed by atoms with Gasteiger partial charge in [-0.05, 0) is 61.0 Å². The molecule has 0 spiro atoms. The first-order chi connectivity index (χ1) is 18.6. The fourth-order valence-electron chi connectivity index (χ4n) is 5.07. The summed E-state index contributed by atoms with van der Waals surface area (Å²) in [5.41, 5.74) is 11.9. The van der Waals surface area contributed by atoms with Crippen LogP contribution in [0, 0.1) is 0 Å². The minimum absolute atomic E-state index is 0.0151. The van der Waals surface area contributed by atoms with Crippen LogP contribution in [0.15, 0.2) is 78.3 Å². The number of carbonyl (C=O) groups excluding carboxylic acids is 1. The van der Waals surface area contributed by atoms with Gasteiger partial charge < -0.3 is 25.1 Å². The fourth-order valence-corrected chi connectivity index (χ4v) is 5.25. The molecule has 200 valence electrons. The SMILES string of the molecule is CC1(C)OB(C(=Cc2ccccc2C(N)=S)CNC(=O)OCC2c3ccccc3-c3ccccc32)OC1(C)C. The third kappa shape index (κ3) is 5.37. The number of alkyl carbamates (subject to hydrolysis) is 1. The first-order valence-electron chi connectivity index (χ1n) is 13.1. The molecular formula is C31H33BN2O4S. The summed E-state index contributed by atoms with van der Waals surface area (Å²) in [5.74, 6) is -0.0151. The van der Waals surface area contributed by atoms with Crippen LogP contribution in [0.2, 0.25) is 0 Å². The van der Waals surface area contributed by atoms with Gasteiger partial charge in [-0.15, -0.1) is 0 Å². The number of thiocarbonyl (C=S) groups is 1. The molecule has 0 unspecified atom stereocenters. The highest BCUT2D eigenvalue weighted by Gasteiger charge is 2.52. The van der Waals surface area contributed by atoms with Crippen molar-refractivity contribution in [3.63, 3.8) is 0 Å². The van der Waals surface area contributed by atoms with Gasteiger partial charge in [-0.2, -0.15) is 0 Å². The van der Waals surface area contributed by atoms with E-state index in [-0.39, 0.29) is 19.1 Å². The topological polar surface area (TPSA) is 82.8 Å². The summed E-state index contributed by atoms with van der Waals surface area (Å²) in [6.07, 6.45) is 1.40. The van der Waals surface area contributed by atoms with Crippen molar-refractivity contribution in [3.05, 3.63) is 101 Å². The predicted molar refractivity (Wildman–Crippen MR) is 159 cm³/mol. The Balaban J connectivity index is 1.33. The Bertz CT molecular complexity index is 1390. The Morgan fingerprint density at radius 3 is 2.08 bits per heavy atom. The third-order valence-corrected chi connectivity index (χ3v) is 8.12. The van der Waals surface area contributed by atoms with Gasteiger partial charge in [0.25, 0.3) is 0 Å². The summed E-state index contributed by atoms with van der Waals surface area (Å²) in [5, 5.41) is 2.90. The molecule has 8 heteroatoms. The van der Waals surface area contributed by atoms with Crippen LogP contribution < -0.4 is 11.1 Å². The van der Waals surface area contributed by atoms with Crippen molar-refractivity contribution < 1.29 is 18.8 Å². The van der Waals surface area contributed by atoms with Crippen LogP contribution in [-0.4, -0.2) is 42.6 Å². The lowest BCUT2D eigenvalue weighted by atomic mass is 9.76. The molecule has 3 aromatic carbocycles. The van der Waals surface area contributed by atoms with Gasteiger partial charge in [0.1, 0.15) is 11.6 Å². The molecule has 0 atom stereocenters. The molecular weight excluding hydrogens is 507 g/mol. The molecule has 1 amide bonds. The van der Waals surface area contributed by atoms with Gasteiger partial charge in [0.15, 0.2) is 0 Å². The molecule has 5 rings (SSSR count). The second-order valence-corrected chi connectivity index (χ2v) is 11.4. The lowest BCUT2D eigenvalue weighted by Gasteiger charge is -2.32. The average molecular weight is 540 g/mol. The molecule has 1 heterocycles. The molecule has 2 aliphatic rings. The molecule has 39 heavy (non-hydrogen) atoms. The number of carbonyl (C=O) groups is 1. The third-order valence-electron chi connectivity index (χ3n) is 7.90. The van der Waals surface area contributed by atoms with E-state index in [0.717, 1.165) is 16.6 Å². The highest BCUT2D eigenvalue weighted by atomic mass is 32.1. The van der Waals surface area contributed by atoms with Crippen LogP contribution in [0.4, 0.5) is 4.79 Å². The second-order valence-electron chi connectivity index (χ2n) is 10.9. The number of nitrogens with one attached hydrogen (secondary N) is 1. The summed E-state index contributed by atoms with van der Waals surface area (Å²) in [6.45, 7) is 8.37. The van der Waals surface area contributed by atoms with E-state index in [0.29, 0.717) is 4.99 Å². The molecule has 3 N–H and O–H groups in total. The van der Waals surface area contributed by atoms with Gasteiger partial charge in [0, 0.05) is 18.0 Å². The van der Waals surface area contributed by atoms with Crippen LogP contribution in [0.3, 0.4) is 0 Å². The molecule has 0 saturated carbocycles. The van der Waals surface area contributed by atoms with Crippen molar-refractivity contribution in [2.45, 2.75) is 44.8 Å². The molecule has 0 bridgehead atoms. The molecule has 0 radical (unpaired) electrons. The number of ether oxygens (including phenoxy) is 1. The minimum atomic E-state index is -0.664. The van der Waals surface area contributed by atoms with Gasteiger partial charge in [0.2, 0.25) is 0 Å².